The average molecular weight is 503 g/mol. The van der Waals surface area contributed by atoms with E-state index >= 15 is 0 Å². The SMILES string of the molecule is CCOC(=O)CC[C@H](C)[C@H]1CC[C@H]2[C@@H]3C=C[C@@H]4C[C@H](OC(C)=O)CC[C@]4(C)[C@H]3C[C@H](OC(C)=O)[C@]12C. The maximum atomic E-state index is 12.3. The van der Waals surface area contributed by atoms with E-state index in [9.17, 15) is 14.4 Å². The minimum atomic E-state index is -0.199. The van der Waals surface area contributed by atoms with E-state index < -0.39 is 0 Å². The van der Waals surface area contributed by atoms with Crippen molar-refractivity contribution < 1.29 is 28.6 Å². The van der Waals surface area contributed by atoms with Crippen LogP contribution in [0.1, 0.15) is 92.9 Å². The Morgan fingerprint density at radius 3 is 2.36 bits per heavy atom. The Bertz CT molecular complexity index is 881. The van der Waals surface area contributed by atoms with Gasteiger partial charge in [-0.05, 0) is 92.8 Å². The smallest absolute Gasteiger partial charge is 0.305 e. The van der Waals surface area contributed by atoms with Gasteiger partial charge in [-0.1, -0.05) is 32.9 Å². The molecule has 6 heteroatoms. The molecule has 6 nitrogen and oxygen atoms in total. The van der Waals surface area contributed by atoms with Crippen molar-refractivity contribution in [3.63, 3.8) is 0 Å². The Morgan fingerprint density at radius 1 is 0.972 bits per heavy atom. The second kappa shape index (κ2) is 10.5. The van der Waals surface area contributed by atoms with Crippen LogP contribution in [0.3, 0.4) is 0 Å². The molecule has 0 spiro atoms. The second-order valence-corrected chi connectivity index (χ2v) is 12.5. The zero-order chi connectivity index (χ0) is 26.3. The predicted molar refractivity (Wildman–Crippen MR) is 137 cm³/mol. The molecule has 0 bridgehead atoms. The van der Waals surface area contributed by atoms with E-state index in [0.29, 0.717) is 48.5 Å². The van der Waals surface area contributed by atoms with Crippen LogP contribution < -0.4 is 0 Å². The van der Waals surface area contributed by atoms with Crippen LogP contribution in [0.25, 0.3) is 0 Å². The van der Waals surface area contributed by atoms with Crippen molar-refractivity contribution in [3.8, 4) is 0 Å². The lowest BCUT2D eigenvalue weighted by molar-refractivity contribution is -0.183. The van der Waals surface area contributed by atoms with Gasteiger partial charge in [0.15, 0.2) is 0 Å². The molecule has 0 aromatic heterocycles. The molecular weight excluding hydrogens is 456 g/mol. The molecule has 3 saturated carbocycles. The van der Waals surface area contributed by atoms with Gasteiger partial charge in [0, 0.05) is 25.7 Å². The molecule has 0 heterocycles. The maximum absolute atomic E-state index is 12.3. The Kier molecular flexibility index (Phi) is 7.92. The van der Waals surface area contributed by atoms with Gasteiger partial charge in [-0.25, -0.2) is 0 Å². The Balaban J connectivity index is 1.59. The normalized spacial score (nSPS) is 41.9. The van der Waals surface area contributed by atoms with Crippen molar-refractivity contribution in [2.45, 2.75) is 105 Å². The number of esters is 3. The summed E-state index contributed by atoms with van der Waals surface area (Å²) < 4.78 is 17.0. The van der Waals surface area contributed by atoms with Crippen LogP contribution in [0.5, 0.6) is 0 Å². The Labute approximate surface area is 216 Å². The Hall–Kier alpha value is -1.85. The highest BCUT2D eigenvalue weighted by atomic mass is 16.5. The molecule has 10 atom stereocenters. The topological polar surface area (TPSA) is 78.9 Å². The van der Waals surface area contributed by atoms with E-state index in [2.05, 4.69) is 32.9 Å². The number of ether oxygens (including phenoxy) is 3. The van der Waals surface area contributed by atoms with E-state index in [1.54, 1.807) is 0 Å². The van der Waals surface area contributed by atoms with Gasteiger partial charge in [-0.15, -0.1) is 0 Å². The van der Waals surface area contributed by atoms with E-state index in [1.807, 2.05) is 6.92 Å². The number of fused-ring (bicyclic) bond motifs is 5. The third kappa shape index (κ3) is 4.86. The van der Waals surface area contributed by atoms with E-state index in [-0.39, 0.29) is 40.9 Å². The van der Waals surface area contributed by atoms with Crippen molar-refractivity contribution in [2.24, 2.45) is 46.3 Å². The number of carbonyl (C=O) groups is 3. The minimum Gasteiger partial charge on any atom is -0.466 e. The molecule has 4 rings (SSSR count). The van der Waals surface area contributed by atoms with Crippen molar-refractivity contribution >= 4 is 17.9 Å². The van der Waals surface area contributed by atoms with Crippen molar-refractivity contribution in [1.82, 2.24) is 0 Å². The molecular formula is C30H46O6. The van der Waals surface area contributed by atoms with Crippen LogP contribution in [0.4, 0.5) is 0 Å². The fourth-order valence-corrected chi connectivity index (χ4v) is 8.98. The monoisotopic (exact) mass is 502 g/mol. The average Bonchev–Trinajstić information content (AvgIpc) is 3.16. The first-order valence-corrected chi connectivity index (χ1v) is 14.2. The third-order valence-corrected chi connectivity index (χ3v) is 10.7. The first-order valence-electron chi connectivity index (χ1n) is 14.2. The fourth-order valence-electron chi connectivity index (χ4n) is 8.98. The molecule has 4 aliphatic carbocycles. The second-order valence-electron chi connectivity index (χ2n) is 12.5. The summed E-state index contributed by atoms with van der Waals surface area (Å²) in [5, 5.41) is 0. The summed E-state index contributed by atoms with van der Waals surface area (Å²) >= 11 is 0. The van der Waals surface area contributed by atoms with Gasteiger partial charge in [-0.2, -0.15) is 0 Å². The van der Waals surface area contributed by atoms with Crippen LogP contribution in [-0.2, 0) is 28.6 Å². The number of carbonyl (C=O) groups excluding carboxylic acids is 3. The van der Waals surface area contributed by atoms with Crippen molar-refractivity contribution in [2.75, 3.05) is 6.61 Å². The lowest BCUT2D eigenvalue weighted by atomic mass is 9.45. The van der Waals surface area contributed by atoms with Crippen LogP contribution >= 0.6 is 0 Å². The molecule has 4 aliphatic rings. The summed E-state index contributed by atoms with van der Waals surface area (Å²) in [6.07, 6.45) is 11.9. The molecule has 0 saturated heterocycles. The van der Waals surface area contributed by atoms with Gasteiger partial charge < -0.3 is 14.2 Å². The molecule has 36 heavy (non-hydrogen) atoms. The lowest BCUT2D eigenvalue weighted by Crippen LogP contribution is -2.58. The van der Waals surface area contributed by atoms with Gasteiger partial charge in [-0.3, -0.25) is 14.4 Å². The summed E-state index contributed by atoms with van der Waals surface area (Å²) in [5.74, 6) is 1.99. The molecule has 0 aromatic carbocycles. The zero-order valence-electron chi connectivity index (χ0n) is 23.1. The van der Waals surface area contributed by atoms with Gasteiger partial charge >= 0.3 is 17.9 Å². The lowest BCUT2D eigenvalue weighted by Gasteiger charge is -2.61. The van der Waals surface area contributed by atoms with Crippen LogP contribution in [0.15, 0.2) is 12.2 Å². The van der Waals surface area contributed by atoms with Crippen LogP contribution in [0, 0.1) is 46.3 Å². The van der Waals surface area contributed by atoms with E-state index in [4.69, 9.17) is 14.2 Å². The molecule has 0 aromatic rings. The first kappa shape index (κ1) is 27.2. The van der Waals surface area contributed by atoms with Gasteiger partial charge in [0.2, 0.25) is 0 Å². The number of hydrogen-bond acceptors (Lipinski definition) is 6. The van der Waals surface area contributed by atoms with Crippen LogP contribution in [0.2, 0.25) is 0 Å². The summed E-state index contributed by atoms with van der Waals surface area (Å²) in [7, 11) is 0. The largest absolute Gasteiger partial charge is 0.466 e. The van der Waals surface area contributed by atoms with E-state index in [1.165, 1.54) is 13.8 Å². The maximum Gasteiger partial charge on any atom is 0.305 e. The molecule has 0 unspecified atom stereocenters. The zero-order valence-corrected chi connectivity index (χ0v) is 23.1. The molecule has 0 amide bonds. The van der Waals surface area contributed by atoms with E-state index in [0.717, 1.165) is 44.9 Å². The third-order valence-electron chi connectivity index (χ3n) is 10.7. The van der Waals surface area contributed by atoms with Gasteiger partial charge in [0.05, 0.1) is 6.61 Å². The molecule has 202 valence electrons. The highest BCUT2D eigenvalue weighted by Gasteiger charge is 2.64. The van der Waals surface area contributed by atoms with Crippen molar-refractivity contribution in [1.29, 1.82) is 0 Å². The Morgan fingerprint density at radius 2 is 1.69 bits per heavy atom. The first-order chi connectivity index (χ1) is 17.0. The summed E-state index contributed by atoms with van der Waals surface area (Å²) in [4.78, 5) is 35.9. The molecule has 0 aliphatic heterocycles. The minimum absolute atomic E-state index is 0.00370. The standard InChI is InChI=1S/C30H46O6/c1-7-34-28(33)13-8-18(2)24-11-12-25-23-10-9-21-16-22(35-19(3)31)14-15-29(21,5)26(23)17-27(30(24,25)6)36-20(4)32/h9-10,18,21-27H,7-8,11-17H2,1-6H3/t18-,21+,22+,23-,24+,25-,26-,27-,29-,30+/m0/s1. The molecule has 3 fully saturated rings. The number of allylic oxidation sites excluding steroid dienone is 2. The fraction of sp³-hybridized carbons (Fsp3) is 0.833. The predicted octanol–water partition coefficient (Wildman–Crippen LogP) is 5.87. The van der Waals surface area contributed by atoms with Crippen molar-refractivity contribution in [3.05, 3.63) is 12.2 Å². The summed E-state index contributed by atoms with van der Waals surface area (Å²) in [6.45, 7) is 12.3. The quantitative estimate of drug-likeness (QED) is 0.246. The molecule has 0 N–H and O–H groups in total. The molecule has 0 radical (unpaired) electrons. The summed E-state index contributed by atoms with van der Waals surface area (Å²) in [6, 6.07) is 0. The number of rotatable bonds is 7. The van der Waals surface area contributed by atoms with Gasteiger partial charge in [0.1, 0.15) is 12.2 Å². The highest BCUT2D eigenvalue weighted by molar-refractivity contribution is 5.69. The van der Waals surface area contributed by atoms with Gasteiger partial charge in [0.25, 0.3) is 0 Å². The summed E-state index contributed by atoms with van der Waals surface area (Å²) in [5.41, 5.74) is 0.00675. The highest BCUT2D eigenvalue weighted by Crippen LogP contribution is 2.67. The van der Waals surface area contributed by atoms with Crippen LogP contribution in [-0.4, -0.2) is 36.7 Å². The number of hydrogen-bond donors (Lipinski definition) is 0.